The molecule has 31 heavy (non-hydrogen) atoms. The average Bonchev–Trinajstić information content (AvgIpc) is 3.39. The summed E-state index contributed by atoms with van der Waals surface area (Å²) in [5.74, 6) is -1.70. The van der Waals surface area contributed by atoms with Crippen LogP contribution >= 0.6 is 11.6 Å². The van der Waals surface area contributed by atoms with Gasteiger partial charge < -0.3 is 13.4 Å². The summed E-state index contributed by atoms with van der Waals surface area (Å²) in [5, 5.41) is 3.26. The molecule has 15 heteroatoms. The number of pyridine rings is 1. The molecule has 0 saturated heterocycles. The van der Waals surface area contributed by atoms with Crippen LogP contribution in [0.15, 0.2) is 44.3 Å². The number of aromatic nitrogens is 6. The van der Waals surface area contributed by atoms with Gasteiger partial charge in [0.25, 0.3) is 5.91 Å². The number of hydrogen-bond acceptors (Lipinski definition) is 9. The van der Waals surface area contributed by atoms with Crippen LogP contribution in [0.1, 0.15) is 17.4 Å². The largest absolute Gasteiger partial charge is 0.400 e. The molecule has 0 aliphatic carbocycles. The summed E-state index contributed by atoms with van der Waals surface area (Å²) in [6.07, 6.45) is 5.38. The summed E-state index contributed by atoms with van der Waals surface area (Å²) in [6.45, 7) is 0. The average molecular weight is 472 g/mol. The van der Waals surface area contributed by atoms with E-state index in [2.05, 4.69) is 38.7 Å². The van der Waals surface area contributed by atoms with Gasteiger partial charge >= 0.3 is 11.3 Å². The van der Waals surface area contributed by atoms with Crippen LogP contribution in [0.4, 0.5) is 8.78 Å². The Morgan fingerprint density at radius 2 is 2.16 bits per heavy atom. The first-order valence-corrected chi connectivity index (χ1v) is 10.9. The van der Waals surface area contributed by atoms with Crippen LogP contribution in [0.5, 0.6) is 0 Å². The second kappa shape index (κ2) is 7.77. The highest BCUT2D eigenvalue weighted by Gasteiger charge is 2.35. The molecule has 4 heterocycles. The first-order chi connectivity index (χ1) is 14.6. The quantitative estimate of drug-likeness (QED) is 0.387. The van der Waals surface area contributed by atoms with Crippen molar-refractivity contribution < 1.29 is 26.8 Å². The molecule has 0 aliphatic heterocycles. The molecule has 4 aromatic heterocycles. The van der Waals surface area contributed by atoms with Crippen molar-refractivity contribution >= 4 is 32.9 Å². The molecule has 0 fully saturated rings. The van der Waals surface area contributed by atoms with Gasteiger partial charge in [-0.1, -0.05) is 10.3 Å². The molecule has 0 bridgehead atoms. The lowest BCUT2D eigenvalue weighted by Crippen LogP contribution is -2.08. The lowest BCUT2D eigenvalue weighted by atomic mass is 10.2. The van der Waals surface area contributed by atoms with Gasteiger partial charge in [-0.25, -0.2) is 9.19 Å². The normalized spacial score (nSPS) is 13.9. The predicted molar refractivity (Wildman–Crippen MR) is 101 cm³/mol. The number of rotatable bonds is 6. The molecule has 4 aromatic rings. The van der Waals surface area contributed by atoms with Crippen molar-refractivity contribution in [1.82, 2.24) is 29.7 Å². The van der Waals surface area contributed by atoms with Gasteiger partial charge in [0.15, 0.2) is 5.82 Å². The van der Waals surface area contributed by atoms with Crippen LogP contribution in [0.25, 0.3) is 17.0 Å². The zero-order valence-electron chi connectivity index (χ0n) is 15.6. The molecule has 0 spiro atoms. The Labute approximate surface area is 177 Å². The fraction of sp³-hybridized carbons (Fsp3) is 0.250. The highest BCUT2D eigenvalue weighted by atomic mass is 35.5. The van der Waals surface area contributed by atoms with Crippen molar-refractivity contribution in [2.24, 2.45) is 4.36 Å². The van der Waals surface area contributed by atoms with Crippen LogP contribution in [0.3, 0.4) is 0 Å². The molecule has 4 rings (SSSR count). The summed E-state index contributed by atoms with van der Waals surface area (Å²) >= 11 is 4.87. The van der Waals surface area contributed by atoms with Crippen molar-refractivity contribution in [2.45, 2.75) is 17.6 Å². The molecule has 0 aliphatic rings. The van der Waals surface area contributed by atoms with Gasteiger partial charge in [-0.3, -0.25) is 4.79 Å². The van der Waals surface area contributed by atoms with Crippen molar-refractivity contribution in [2.75, 3.05) is 6.26 Å². The molecule has 1 atom stereocenters. The summed E-state index contributed by atoms with van der Waals surface area (Å²) in [6, 6.07) is 3.07. The predicted octanol–water partition coefficient (Wildman–Crippen LogP) is 2.42. The van der Waals surface area contributed by atoms with E-state index >= 15 is 0 Å². The highest BCUT2D eigenvalue weighted by molar-refractivity contribution is 7.92. The number of alkyl halides is 3. The molecule has 0 radical (unpaired) electrons. The molecule has 0 aromatic carbocycles. The molecule has 11 nitrogen and oxygen atoms in total. The van der Waals surface area contributed by atoms with Gasteiger partial charge in [0.1, 0.15) is 5.65 Å². The Balaban J connectivity index is 1.53. The van der Waals surface area contributed by atoms with E-state index in [-0.39, 0.29) is 23.8 Å². The van der Waals surface area contributed by atoms with E-state index in [1.165, 1.54) is 12.3 Å². The van der Waals surface area contributed by atoms with Gasteiger partial charge in [0, 0.05) is 24.2 Å². The second-order valence-corrected chi connectivity index (χ2v) is 9.31. The monoisotopic (exact) mass is 471 g/mol. The molecular formula is C16H12ClF2N7O4S. The van der Waals surface area contributed by atoms with E-state index in [0.29, 0.717) is 16.9 Å². The van der Waals surface area contributed by atoms with Gasteiger partial charge in [0.05, 0.1) is 27.6 Å². The SMILES string of the molecule is CS(=O)(Cc1ncon1)=NC(=O)Cc1cn2ccc(-c3noc(C(F)(F)Cl)n3)cc2n1. The third kappa shape index (κ3) is 4.91. The van der Waals surface area contributed by atoms with Crippen molar-refractivity contribution in [1.29, 1.82) is 0 Å². The molecular weight excluding hydrogens is 460 g/mol. The number of nitrogens with zero attached hydrogens (tertiary/aromatic N) is 7. The zero-order valence-corrected chi connectivity index (χ0v) is 17.2. The first-order valence-electron chi connectivity index (χ1n) is 8.46. The van der Waals surface area contributed by atoms with Crippen LogP contribution in [-0.4, -0.2) is 46.0 Å². The van der Waals surface area contributed by atoms with Crippen LogP contribution in [0, 0.1) is 0 Å². The molecule has 1 amide bonds. The number of amides is 1. The molecule has 1 unspecified atom stereocenters. The summed E-state index contributed by atoms with van der Waals surface area (Å²) < 4.78 is 53.0. The Kier molecular flexibility index (Phi) is 5.26. The van der Waals surface area contributed by atoms with E-state index in [1.807, 2.05) is 0 Å². The number of carbonyl (C=O) groups is 1. The Morgan fingerprint density at radius 3 is 2.84 bits per heavy atom. The minimum Gasteiger partial charge on any atom is -0.343 e. The Bertz CT molecular complexity index is 1370. The maximum absolute atomic E-state index is 13.1. The number of halogens is 3. The molecule has 162 valence electrons. The number of imidazole rings is 1. The highest BCUT2D eigenvalue weighted by Crippen LogP contribution is 2.32. The Hall–Kier alpha value is -3.26. The van der Waals surface area contributed by atoms with Crippen LogP contribution in [-0.2, 0) is 32.1 Å². The van der Waals surface area contributed by atoms with Gasteiger partial charge in [-0.2, -0.15) is 23.1 Å². The fourth-order valence-electron chi connectivity index (χ4n) is 2.64. The number of fused-ring (bicyclic) bond motifs is 1. The topological polar surface area (TPSA) is 142 Å². The van der Waals surface area contributed by atoms with Crippen molar-refractivity contribution in [3.8, 4) is 11.4 Å². The minimum absolute atomic E-state index is 0.0966. The fourth-order valence-corrected chi connectivity index (χ4v) is 3.89. The van der Waals surface area contributed by atoms with Gasteiger partial charge in [0.2, 0.25) is 12.2 Å². The van der Waals surface area contributed by atoms with Gasteiger partial charge in [-0.05, 0) is 23.7 Å². The van der Waals surface area contributed by atoms with E-state index in [1.54, 1.807) is 22.9 Å². The van der Waals surface area contributed by atoms with Gasteiger partial charge in [-0.15, -0.1) is 0 Å². The lowest BCUT2D eigenvalue weighted by molar-refractivity contribution is -0.117. The van der Waals surface area contributed by atoms with Crippen LogP contribution < -0.4 is 0 Å². The smallest absolute Gasteiger partial charge is 0.343 e. The lowest BCUT2D eigenvalue weighted by Gasteiger charge is -1.99. The van der Waals surface area contributed by atoms with Crippen molar-refractivity contribution in [3.63, 3.8) is 0 Å². The van der Waals surface area contributed by atoms with E-state index in [0.717, 1.165) is 6.39 Å². The van der Waals surface area contributed by atoms with E-state index in [4.69, 9.17) is 11.6 Å². The number of hydrogen-bond donors (Lipinski definition) is 0. The van der Waals surface area contributed by atoms with E-state index in [9.17, 15) is 17.8 Å². The zero-order chi connectivity index (χ0) is 22.2. The Morgan fingerprint density at radius 1 is 1.35 bits per heavy atom. The standard InChI is InChI=1S/C16H12ClF2N7O4S/c1-31(28,7-11-20-8-29-23-11)25-13(27)5-10-6-26-3-2-9(4-12(26)21-10)14-22-15(30-24-14)16(17,18)19/h2-4,6,8H,5,7H2,1H3. The van der Waals surface area contributed by atoms with Crippen LogP contribution in [0.2, 0.25) is 0 Å². The third-order valence-corrected chi connectivity index (χ3v) is 5.41. The molecule has 0 saturated carbocycles. The summed E-state index contributed by atoms with van der Waals surface area (Å²) in [7, 11) is -2.90. The van der Waals surface area contributed by atoms with Crippen molar-refractivity contribution in [3.05, 3.63) is 48.3 Å². The summed E-state index contributed by atoms with van der Waals surface area (Å²) in [5.41, 5.74) is 1.11. The summed E-state index contributed by atoms with van der Waals surface area (Å²) in [4.78, 5) is 23.9. The maximum atomic E-state index is 13.1. The minimum atomic E-state index is -3.78. The third-order valence-electron chi connectivity index (χ3n) is 3.87. The first kappa shape index (κ1) is 21.0. The van der Waals surface area contributed by atoms with E-state index < -0.39 is 26.9 Å². The second-order valence-electron chi connectivity index (χ2n) is 6.45. The molecule has 0 N–H and O–H groups in total. The maximum Gasteiger partial charge on any atom is 0.400 e. The number of carbonyl (C=O) groups excluding carboxylic acids is 1.